The maximum Gasteiger partial charge on any atom is 0.309 e. The largest absolute Gasteiger partial charge is 0.469 e. The summed E-state index contributed by atoms with van der Waals surface area (Å²) >= 11 is 0. The predicted molar refractivity (Wildman–Crippen MR) is 62.4 cm³/mol. The molecule has 5 heteroatoms. The van der Waals surface area contributed by atoms with Crippen molar-refractivity contribution in [1.29, 1.82) is 0 Å². The quantitative estimate of drug-likeness (QED) is 0.684. The highest BCUT2D eigenvalue weighted by atomic mass is 16.5. The Bertz CT molecular complexity index is 280. The molecule has 0 aromatic rings. The number of likely N-dealkylation sites (tertiary alicyclic amines) is 1. The Balaban J connectivity index is 2.48. The van der Waals surface area contributed by atoms with Crippen molar-refractivity contribution in [3.63, 3.8) is 0 Å². The third-order valence-electron chi connectivity index (χ3n) is 3.30. The van der Waals surface area contributed by atoms with Gasteiger partial charge in [0.1, 0.15) is 0 Å². The number of hydrogen-bond donors (Lipinski definition) is 0. The summed E-state index contributed by atoms with van der Waals surface area (Å²) in [5.41, 5.74) is 0. The fourth-order valence-electron chi connectivity index (χ4n) is 2.22. The van der Waals surface area contributed by atoms with E-state index >= 15 is 0 Å². The van der Waals surface area contributed by atoms with Gasteiger partial charge < -0.3 is 9.47 Å². The van der Waals surface area contributed by atoms with Crippen LogP contribution in [-0.2, 0) is 19.1 Å². The van der Waals surface area contributed by atoms with Gasteiger partial charge in [-0.05, 0) is 26.3 Å². The summed E-state index contributed by atoms with van der Waals surface area (Å²) in [4.78, 5) is 24.8. The van der Waals surface area contributed by atoms with Gasteiger partial charge >= 0.3 is 11.9 Å². The molecular formula is C12H21NO4. The first-order valence-corrected chi connectivity index (χ1v) is 5.97. The van der Waals surface area contributed by atoms with Gasteiger partial charge in [0.05, 0.1) is 26.6 Å². The molecule has 17 heavy (non-hydrogen) atoms. The van der Waals surface area contributed by atoms with Crippen LogP contribution >= 0.6 is 0 Å². The van der Waals surface area contributed by atoms with Crippen molar-refractivity contribution in [2.24, 2.45) is 5.92 Å². The molecule has 0 aromatic heterocycles. The van der Waals surface area contributed by atoms with Crippen molar-refractivity contribution in [2.75, 3.05) is 27.3 Å². The number of ether oxygens (including phenoxy) is 2. The molecule has 98 valence electrons. The molecule has 5 nitrogen and oxygen atoms in total. The Morgan fingerprint density at radius 1 is 1.35 bits per heavy atom. The van der Waals surface area contributed by atoms with Gasteiger partial charge in [0.15, 0.2) is 0 Å². The lowest BCUT2D eigenvalue weighted by molar-refractivity contribution is -0.147. The maximum absolute atomic E-state index is 11.5. The van der Waals surface area contributed by atoms with Crippen LogP contribution in [0.1, 0.15) is 26.2 Å². The van der Waals surface area contributed by atoms with Gasteiger partial charge in [-0.3, -0.25) is 14.5 Å². The second kappa shape index (κ2) is 6.59. The van der Waals surface area contributed by atoms with Crippen molar-refractivity contribution in [3.8, 4) is 0 Å². The standard InChI is InChI=1S/C12H21NO4/c1-9(7-11(14)16-2)13-6-4-5-10(8-13)12(15)17-3/h9-10H,4-8H2,1-3H3/t9?,10-/m0/s1. The van der Waals surface area contributed by atoms with Crippen LogP contribution < -0.4 is 0 Å². The number of rotatable bonds is 4. The van der Waals surface area contributed by atoms with E-state index in [1.807, 2.05) is 6.92 Å². The van der Waals surface area contributed by atoms with Gasteiger partial charge in [-0.15, -0.1) is 0 Å². The first-order chi connectivity index (χ1) is 8.08. The molecule has 1 aliphatic rings. The van der Waals surface area contributed by atoms with Crippen molar-refractivity contribution >= 4 is 11.9 Å². The summed E-state index contributed by atoms with van der Waals surface area (Å²) in [6, 6.07) is 0.106. The summed E-state index contributed by atoms with van der Waals surface area (Å²) in [6.07, 6.45) is 2.20. The lowest BCUT2D eigenvalue weighted by atomic mass is 9.96. The van der Waals surface area contributed by atoms with Crippen LogP contribution in [0.25, 0.3) is 0 Å². The van der Waals surface area contributed by atoms with Crippen molar-refractivity contribution < 1.29 is 19.1 Å². The van der Waals surface area contributed by atoms with Gasteiger partial charge in [-0.25, -0.2) is 0 Å². The summed E-state index contributed by atoms with van der Waals surface area (Å²) < 4.78 is 9.41. The minimum absolute atomic E-state index is 0.0613. The molecule has 0 bridgehead atoms. The van der Waals surface area contributed by atoms with E-state index in [9.17, 15) is 9.59 Å². The Morgan fingerprint density at radius 2 is 2.06 bits per heavy atom. The molecule has 0 aromatic carbocycles. The summed E-state index contributed by atoms with van der Waals surface area (Å²) in [7, 11) is 2.81. The molecule has 0 saturated carbocycles. The zero-order valence-corrected chi connectivity index (χ0v) is 10.8. The fourth-order valence-corrected chi connectivity index (χ4v) is 2.22. The fraction of sp³-hybridized carbons (Fsp3) is 0.833. The van der Waals surface area contributed by atoms with E-state index in [-0.39, 0.29) is 23.9 Å². The minimum Gasteiger partial charge on any atom is -0.469 e. The van der Waals surface area contributed by atoms with Crippen LogP contribution in [0.5, 0.6) is 0 Å². The Kier molecular flexibility index (Phi) is 5.41. The number of esters is 2. The monoisotopic (exact) mass is 243 g/mol. The van der Waals surface area contributed by atoms with Crippen molar-refractivity contribution in [1.82, 2.24) is 4.90 Å². The molecule has 0 spiro atoms. The zero-order valence-electron chi connectivity index (χ0n) is 10.8. The lowest BCUT2D eigenvalue weighted by Crippen LogP contribution is -2.44. The topological polar surface area (TPSA) is 55.8 Å². The molecule has 0 radical (unpaired) electrons. The molecule has 1 heterocycles. The van der Waals surface area contributed by atoms with Gasteiger partial charge in [0.2, 0.25) is 0 Å². The Labute approximate surface area is 102 Å². The zero-order chi connectivity index (χ0) is 12.8. The molecular weight excluding hydrogens is 222 g/mol. The van der Waals surface area contributed by atoms with Crippen LogP contribution in [0.2, 0.25) is 0 Å². The minimum atomic E-state index is -0.210. The summed E-state index contributed by atoms with van der Waals surface area (Å²) in [5.74, 6) is -0.425. The second-order valence-electron chi connectivity index (χ2n) is 4.49. The Hall–Kier alpha value is -1.10. The highest BCUT2D eigenvalue weighted by Gasteiger charge is 2.29. The van der Waals surface area contributed by atoms with Crippen molar-refractivity contribution in [2.45, 2.75) is 32.2 Å². The van der Waals surface area contributed by atoms with Crippen LogP contribution in [0.15, 0.2) is 0 Å². The highest BCUT2D eigenvalue weighted by Crippen LogP contribution is 2.20. The molecule has 0 aliphatic carbocycles. The molecule has 0 amide bonds. The van der Waals surface area contributed by atoms with Crippen LogP contribution in [0.3, 0.4) is 0 Å². The van der Waals surface area contributed by atoms with E-state index in [1.165, 1.54) is 14.2 Å². The molecule has 1 unspecified atom stereocenters. The third kappa shape index (κ3) is 4.00. The number of carbonyl (C=O) groups is 2. The second-order valence-corrected chi connectivity index (χ2v) is 4.49. The summed E-state index contributed by atoms with van der Waals surface area (Å²) in [5, 5.41) is 0. The van der Waals surface area contributed by atoms with E-state index in [2.05, 4.69) is 9.64 Å². The van der Waals surface area contributed by atoms with Gasteiger partial charge in [0, 0.05) is 12.6 Å². The van der Waals surface area contributed by atoms with E-state index in [0.29, 0.717) is 13.0 Å². The molecule has 1 rings (SSSR count). The smallest absolute Gasteiger partial charge is 0.309 e. The Morgan fingerprint density at radius 3 is 2.65 bits per heavy atom. The number of methoxy groups -OCH3 is 2. The molecule has 1 aliphatic heterocycles. The van der Waals surface area contributed by atoms with Crippen molar-refractivity contribution in [3.05, 3.63) is 0 Å². The average molecular weight is 243 g/mol. The number of nitrogens with zero attached hydrogens (tertiary/aromatic N) is 1. The number of carbonyl (C=O) groups excluding carboxylic acids is 2. The highest BCUT2D eigenvalue weighted by molar-refractivity contribution is 5.72. The maximum atomic E-state index is 11.5. The SMILES string of the molecule is COC(=O)CC(C)N1CCC[C@H](C(=O)OC)C1. The third-order valence-corrected chi connectivity index (χ3v) is 3.30. The molecule has 0 N–H and O–H groups in total. The summed E-state index contributed by atoms with van der Waals surface area (Å²) in [6.45, 7) is 3.58. The van der Waals surface area contributed by atoms with Gasteiger partial charge in [0.25, 0.3) is 0 Å². The number of hydrogen-bond acceptors (Lipinski definition) is 5. The first-order valence-electron chi connectivity index (χ1n) is 5.97. The van der Waals surface area contributed by atoms with Crippen LogP contribution in [0.4, 0.5) is 0 Å². The van der Waals surface area contributed by atoms with E-state index in [4.69, 9.17) is 4.74 Å². The normalized spacial score (nSPS) is 22.9. The van der Waals surface area contributed by atoms with E-state index in [0.717, 1.165) is 19.4 Å². The molecule has 2 atom stereocenters. The molecule has 1 fully saturated rings. The number of piperidine rings is 1. The average Bonchev–Trinajstić information content (AvgIpc) is 2.37. The van der Waals surface area contributed by atoms with Gasteiger partial charge in [-0.2, -0.15) is 0 Å². The molecule has 1 saturated heterocycles. The van der Waals surface area contributed by atoms with Gasteiger partial charge in [-0.1, -0.05) is 0 Å². The van der Waals surface area contributed by atoms with E-state index in [1.54, 1.807) is 0 Å². The van der Waals surface area contributed by atoms with E-state index < -0.39 is 0 Å². The van der Waals surface area contributed by atoms with Crippen LogP contribution in [-0.4, -0.2) is 50.2 Å². The van der Waals surface area contributed by atoms with Crippen LogP contribution in [0, 0.1) is 5.92 Å². The predicted octanol–water partition coefficient (Wildman–Crippen LogP) is 0.823. The first kappa shape index (κ1) is 14.0. The lowest BCUT2D eigenvalue weighted by Gasteiger charge is -2.35.